The molecular weight excluding hydrogens is 328 g/mol. The summed E-state index contributed by atoms with van der Waals surface area (Å²) in [4.78, 5) is 12.8. The van der Waals surface area contributed by atoms with Crippen LogP contribution in [0.3, 0.4) is 0 Å². The lowest BCUT2D eigenvalue weighted by molar-refractivity contribution is 0.377. The minimum Gasteiger partial charge on any atom is -0.504 e. The first-order valence-electron chi connectivity index (χ1n) is 7.30. The van der Waals surface area contributed by atoms with Crippen LogP contribution in [-0.2, 0) is 0 Å². The summed E-state index contributed by atoms with van der Waals surface area (Å²) in [5, 5.41) is 19.9. The molecule has 0 spiro atoms. The third-order valence-corrected chi connectivity index (χ3v) is 3.82. The number of rotatable bonds is 4. The molecule has 1 heterocycles. The lowest BCUT2D eigenvalue weighted by Gasteiger charge is -2.13. The average molecular weight is 344 g/mol. The van der Waals surface area contributed by atoms with Gasteiger partial charge in [-0.3, -0.25) is 4.79 Å². The molecule has 3 aromatic rings. The molecule has 2 aromatic carbocycles. The van der Waals surface area contributed by atoms with E-state index in [1.54, 1.807) is 31.4 Å². The van der Waals surface area contributed by atoms with Gasteiger partial charge < -0.3 is 28.8 Å². The molecule has 0 saturated heterocycles. The highest BCUT2D eigenvalue weighted by molar-refractivity contribution is 5.93. The van der Waals surface area contributed by atoms with Gasteiger partial charge in [-0.2, -0.15) is 0 Å². The van der Waals surface area contributed by atoms with Gasteiger partial charge in [0, 0.05) is 11.6 Å². The molecule has 3 rings (SSSR count). The molecule has 0 unspecified atom stereocenters. The van der Waals surface area contributed by atoms with Crippen LogP contribution in [0.15, 0.2) is 39.5 Å². The third-order valence-electron chi connectivity index (χ3n) is 3.82. The number of fused-ring (bicyclic) bond motifs is 1. The molecule has 0 aliphatic carbocycles. The second kappa shape index (κ2) is 6.27. The Morgan fingerprint density at radius 3 is 2.20 bits per heavy atom. The summed E-state index contributed by atoms with van der Waals surface area (Å²) >= 11 is 0. The van der Waals surface area contributed by atoms with Gasteiger partial charge in [-0.15, -0.1) is 0 Å². The summed E-state index contributed by atoms with van der Waals surface area (Å²) in [5.41, 5.74) is -0.173. The summed E-state index contributed by atoms with van der Waals surface area (Å²) in [6.07, 6.45) is 0. The van der Waals surface area contributed by atoms with Crippen molar-refractivity contribution in [2.24, 2.45) is 0 Å². The van der Waals surface area contributed by atoms with E-state index >= 15 is 0 Å². The topological polar surface area (TPSA) is 98.4 Å². The van der Waals surface area contributed by atoms with E-state index < -0.39 is 16.9 Å². The maximum Gasteiger partial charge on any atom is 0.239 e. The fourth-order valence-corrected chi connectivity index (χ4v) is 2.57. The monoisotopic (exact) mass is 344 g/mol. The molecule has 2 N–H and O–H groups in total. The Morgan fingerprint density at radius 2 is 1.64 bits per heavy atom. The molecule has 25 heavy (non-hydrogen) atoms. The van der Waals surface area contributed by atoms with Crippen molar-refractivity contribution in [3.63, 3.8) is 0 Å². The summed E-state index contributed by atoms with van der Waals surface area (Å²) in [6.45, 7) is 0. The summed E-state index contributed by atoms with van der Waals surface area (Å²) in [7, 11) is 4.23. The predicted molar refractivity (Wildman–Crippen MR) is 90.9 cm³/mol. The minimum atomic E-state index is -0.551. The summed E-state index contributed by atoms with van der Waals surface area (Å²) < 4.78 is 21.2. The smallest absolute Gasteiger partial charge is 0.239 e. The van der Waals surface area contributed by atoms with Gasteiger partial charge in [0.1, 0.15) is 16.9 Å². The van der Waals surface area contributed by atoms with Crippen LogP contribution in [0, 0.1) is 0 Å². The first kappa shape index (κ1) is 16.5. The quantitative estimate of drug-likeness (QED) is 0.702. The Bertz CT molecular complexity index is 987. The predicted octanol–water partition coefficient (Wildman–Crippen LogP) is 2.90. The van der Waals surface area contributed by atoms with E-state index in [4.69, 9.17) is 18.6 Å². The molecule has 0 saturated carbocycles. The Labute approximate surface area is 142 Å². The molecule has 0 radical (unpaired) electrons. The normalized spacial score (nSPS) is 10.7. The van der Waals surface area contributed by atoms with Crippen LogP contribution in [0.4, 0.5) is 0 Å². The molecule has 0 aliphatic heterocycles. The summed E-state index contributed by atoms with van der Waals surface area (Å²) in [6, 6.07) is 7.90. The SMILES string of the molecule is COc1ccc(-c2oc3c(O)c(O)cc(OC)c3c(=O)c2OC)cc1. The standard InChI is InChI=1S/C18H16O7/c1-22-10-6-4-9(5-7-10)16-18(24-3)15(21)13-12(23-2)8-11(19)14(20)17(13)25-16/h4-8,19-20H,1-3H3. The Morgan fingerprint density at radius 1 is 0.960 bits per heavy atom. The zero-order valence-electron chi connectivity index (χ0n) is 13.8. The van der Waals surface area contributed by atoms with E-state index in [9.17, 15) is 15.0 Å². The number of methoxy groups -OCH3 is 3. The van der Waals surface area contributed by atoms with Crippen molar-refractivity contribution in [3.8, 4) is 40.1 Å². The van der Waals surface area contributed by atoms with E-state index in [1.807, 2.05) is 0 Å². The van der Waals surface area contributed by atoms with Crippen LogP contribution in [0.5, 0.6) is 28.7 Å². The second-order valence-electron chi connectivity index (χ2n) is 5.17. The first-order valence-corrected chi connectivity index (χ1v) is 7.30. The highest BCUT2D eigenvalue weighted by Crippen LogP contribution is 2.42. The van der Waals surface area contributed by atoms with Gasteiger partial charge >= 0.3 is 0 Å². The van der Waals surface area contributed by atoms with Gasteiger partial charge in [0.15, 0.2) is 17.1 Å². The first-order chi connectivity index (χ1) is 12.0. The molecule has 0 bridgehead atoms. The van der Waals surface area contributed by atoms with Crippen molar-refractivity contribution in [1.29, 1.82) is 0 Å². The van der Waals surface area contributed by atoms with Gasteiger partial charge in [-0.1, -0.05) is 0 Å². The average Bonchev–Trinajstić information content (AvgIpc) is 2.64. The van der Waals surface area contributed by atoms with E-state index in [-0.39, 0.29) is 28.2 Å². The minimum absolute atomic E-state index is 0.0214. The molecule has 0 atom stereocenters. The highest BCUT2D eigenvalue weighted by atomic mass is 16.5. The zero-order chi connectivity index (χ0) is 18.1. The van der Waals surface area contributed by atoms with Crippen LogP contribution in [0.25, 0.3) is 22.3 Å². The van der Waals surface area contributed by atoms with Crippen molar-refractivity contribution in [3.05, 3.63) is 40.6 Å². The van der Waals surface area contributed by atoms with Crippen molar-refractivity contribution in [2.45, 2.75) is 0 Å². The summed E-state index contributed by atoms with van der Waals surface area (Å²) in [5.74, 6) is -0.234. The number of hydrogen-bond acceptors (Lipinski definition) is 7. The number of phenols is 2. The van der Waals surface area contributed by atoms with Crippen molar-refractivity contribution >= 4 is 11.0 Å². The molecule has 0 fully saturated rings. The van der Waals surface area contributed by atoms with Gasteiger partial charge in [0.25, 0.3) is 0 Å². The number of benzene rings is 2. The van der Waals surface area contributed by atoms with Gasteiger partial charge in [-0.05, 0) is 24.3 Å². The Hall–Kier alpha value is -3.35. The van der Waals surface area contributed by atoms with Crippen molar-refractivity contribution in [2.75, 3.05) is 21.3 Å². The van der Waals surface area contributed by atoms with Gasteiger partial charge in [0.05, 0.1) is 21.3 Å². The third kappa shape index (κ3) is 2.59. The Kier molecular flexibility index (Phi) is 4.14. The van der Waals surface area contributed by atoms with Crippen molar-refractivity contribution in [1.82, 2.24) is 0 Å². The molecular formula is C18H16O7. The zero-order valence-corrected chi connectivity index (χ0v) is 13.8. The molecule has 1 aromatic heterocycles. The van der Waals surface area contributed by atoms with Crippen LogP contribution in [0.1, 0.15) is 0 Å². The van der Waals surface area contributed by atoms with E-state index in [1.165, 1.54) is 14.2 Å². The molecule has 130 valence electrons. The van der Waals surface area contributed by atoms with Crippen LogP contribution in [0.2, 0.25) is 0 Å². The number of phenolic OH excluding ortho intramolecular Hbond substituents is 2. The largest absolute Gasteiger partial charge is 0.504 e. The van der Waals surface area contributed by atoms with E-state index in [0.717, 1.165) is 6.07 Å². The number of hydrogen-bond donors (Lipinski definition) is 2. The van der Waals surface area contributed by atoms with Gasteiger partial charge in [-0.25, -0.2) is 0 Å². The van der Waals surface area contributed by atoms with Gasteiger partial charge in [0.2, 0.25) is 16.9 Å². The lowest BCUT2D eigenvalue weighted by atomic mass is 10.1. The highest BCUT2D eigenvalue weighted by Gasteiger charge is 2.23. The second-order valence-corrected chi connectivity index (χ2v) is 5.17. The fourth-order valence-electron chi connectivity index (χ4n) is 2.57. The number of aromatic hydroxyl groups is 2. The maximum atomic E-state index is 12.8. The van der Waals surface area contributed by atoms with Crippen LogP contribution < -0.4 is 19.6 Å². The van der Waals surface area contributed by atoms with Crippen LogP contribution in [-0.4, -0.2) is 31.5 Å². The number of ether oxygens (including phenoxy) is 3. The Balaban J connectivity index is 2.39. The van der Waals surface area contributed by atoms with Crippen LogP contribution >= 0.6 is 0 Å². The molecule has 7 nitrogen and oxygen atoms in total. The molecule has 0 amide bonds. The van der Waals surface area contributed by atoms with Crippen molar-refractivity contribution < 1.29 is 28.8 Å². The van der Waals surface area contributed by atoms with E-state index in [2.05, 4.69) is 0 Å². The lowest BCUT2D eigenvalue weighted by Crippen LogP contribution is -2.09. The molecule has 0 aliphatic rings. The maximum absolute atomic E-state index is 12.8. The van der Waals surface area contributed by atoms with E-state index in [0.29, 0.717) is 11.3 Å². The molecule has 7 heteroatoms. The fraction of sp³-hybridized carbons (Fsp3) is 0.167.